The zero-order valence-electron chi connectivity index (χ0n) is 13.4. The van der Waals surface area contributed by atoms with E-state index in [1.807, 2.05) is 19.0 Å². The summed E-state index contributed by atoms with van der Waals surface area (Å²) >= 11 is 0. The van der Waals surface area contributed by atoms with Crippen molar-refractivity contribution in [1.29, 1.82) is 0 Å². The van der Waals surface area contributed by atoms with E-state index in [9.17, 15) is 4.79 Å². The maximum absolute atomic E-state index is 12.3. The summed E-state index contributed by atoms with van der Waals surface area (Å²) in [5.41, 5.74) is 0.939. The predicted octanol–water partition coefficient (Wildman–Crippen LogP) is 1.79. The topological polar surface area (TPSA) is 74.2 Å². The zero-order valence-corrected chi connectivity index (χ0v) is 13.4. The molecule has 0 atom stereocenters. The van der Waals surface area contributed by atoms with E-state index in [0.29, 0.717) is 23.1 Å². The molecule has 1 saturated heterocycles. The van der Waals surface area contributed by atoms with Gasteiger partial charge in [-0.05, 0) is 25.0 Å². The summed E-state index contributed by atoms with van der Waals surface area (Å²) in [6, 6.07) is 5.22. The second-order valence-corrected chi connectivity index (χ2v) is 5.66. The van der Waals surface area contributed by atoms with Gasteiger partial charge in [-0.1, -0.05) is 6.07 Å². The molecule has 120 valence electrons. The molecule has 2 aromatic heterocycles. The molecule has 0 aromatic carbocycles. The van der Waals surface area contributed by atoms with Crippen LogP contribution >= 0.6 is 0 Å². The van der Waals surface area contributed by atoms with E-state index in [1.54, 1.807) is 30.6 Å². The van der Waals surface area contributed by atoms with Crippen LogP contribution in [0.5, 0.6) is 0 Å². The van der Waals surface area contributed by atoms with Crippen LogP contribution in [0, 0.1) is 0 Å². The van der Waals surface area contributed by atoms with E-state index >= 15 is 0 Å². The number of amides is 1. The minimum Gasteiger partial charge on any atom is -0.361 e. The van der Waals surface area contributed by atoms with Crippen LogP contribution in [-0.4, -0.2) is 48.0 Å². The van der Waals surface area contributed by atoms with Crippen molar-refractivity contribution in [2.45, 2.75) is 12.8 Å². The number of aromatic nitrogens is 3. The standard InChI is InChI=1S/C16H20N6O/c1-21(2)14-13(19-15(23)12-7-3-4-8-17-12)11-18-16(20-14)22-9-5-6-10-22/h3-4,7-8,11H,5-6,9-10H2,1-2H3,(H,19,23). The Morgan fingerprint density at radius 3 is 2.65 bits per heavy atom. The number of hydrogen-bond donors (Lipinski definition) is 1. The average molecular weight is 312 g/mol. The molecule has 1 N–H and O–H groups in total. The van der Waals surface area contributed by atoms with E-state index in [0.717, 1.165) is 13.1 Å². The van der Waals surface area contributed by atoms with Crippen LogP contribution in [-0.2, 0) is 0 Å². The van der Waals surface area contributed by atoms with Crippen molar-refractivity contribution < 1.29 is 4.79 Å². The molecular weight excluding hydrogens is 292 g/mol. The largest absolute Gasteiger partial charge is 0.361 e. The molecule has 7 nitrogen and oxygen atoms in total. The number of hydrogen-bond acceptors (Lipinski definition) is 6. The van der Waals surface area contributed by atoms with Crippen LogP contribution in [0.3, 0.4) is 0 Å². The molecular formula is C16H20N6O. The van der Waals surface area contributed by atoms with Crippen molar-refractivity contribution in [3.63, 3.8) is 0 Å². The first-order valence-electron chi connectivity index (χ1n) is 7.67. The van der Waals surface area contributed by atoms with Crippen molar-refractivity contribution in [2.75, 3.05) is 42.3 Å². The number of carbonyl (C=O) groups is 1. The maximum atomic E-state index is 12.3. The summed E-state index contributed by atoms with van der Waals surface area (Å²) in [7, 11) is 3.79. The molecule has 2 aromatic rings. The molecule has 3 rings (SSSR count). The molecule has 1 aliphatic heterocycles. The Kier molecular flexibility index (Phi) is 4.36. The van der Waals surface area contributed by atoms with Crippen LogP contribution in [0.1, 0.15) is 23.3 Å². The first-order valence-corrected chi connectivity index (χ1v) is 7.67. The van der Waals surface area contributed by atoms with E-state index in [2.05, 4.69) is 25.2 Å². The minimum absolute atomic E-state index is 0.272. The lowest BCUT2D eigenvalue weighted by atomic mass is 10.3. The quantitative estimate of drug-likeness (QED) is 0.928. The highest BCUT2D eigenvalue weighted by molar-refractivity contribution is 6.04. The number of nitrogens with zero attached hydrogens (tertiary/aromatic N) is 5. The molecule has 3 heterocycles. The molecule has 0 saturated carbocycles. The third kappa shape index (κ3) is 3.39. The Morgan fingerprint density at radius 1 is 1.22 bits per heavy atom. The van der Waals surface area contributed by atoms with E-state index in [-0.39, 0.29) is 5.91 Å². The molecule has 0 unspecified atom stereocenters. The Balaban J connectivity index is 1.85. The van der Waals surface area contributed by atoms with Gasteiger partial charge in [-0.3, -0.25) is 9.78 Å². The molecule has 1 aliphatic rings. The molecule has 0 aliphatic carbocycles. The maximum Gasteiger partial charge on any atom is 0.274 e. The lowest BCUT2D eigenvalue weighted by Crippen LogP contribution is -2.24. The molecule has 0 spiro atoms. The monoisotopic (exact) mass is 312 g/mol. The van der Waals surface area contributed by atoms with Crippen molar-refractivity contribution in [1.82, 2.24) is 15.0 Å². The summed E-state index contributed by atoms with van der Waals surface area (Å²) in [6.45, 7) is 1.96. The summed E-state index contributed by atoms with van der Waals surface area (Å²) in [4.78, 5) is 29.4. The Bertz CT molecular complexity index is 682. The first kappa shape index (κ1) is 15.2. The van der Waals surface area contributed by atoms with Crippen molar-refractivity contribution in [3.8, 4) is 0 Å². The van der Waals surface area contributed by atoms with Gasteiger partial charge in [0, 0.05) is 33.4 Å². The number of anilines is 3. The van der Waals surface area contributed by atoms with Crippen molar-refractivity contribution >= 4 is 23.4 Å². The van der Waals surface area contributed by atoms with Crippen LogP contribution in [0.2, 0.25) is 0 Å². The van der Waals surface area contributed by atoms with Crippen molar-refractivity contribution in [2.24, 2.45) is 0 Å². The number of carbonyl (C=O) groups excluding carboxylic acids is 1. The third-order valence-electron chi connectivity index (χ3n) is 3.71. The minimum atomic E-state index is -0.272. The molecule has 7 heteroatoms. The van der Waals surface area contributed by atoms with Crippen LogP contribution in [0.15, 0.2) is 30.6 Å². The highest BCUT2D eigenvalue weighted by Crippen LogP contribution is 2.25. The van der Waals surface area contributed by atoms with Gasteiger partial charge in [0.1, 0.15) is 11.4 Å². The Labute approximate surface area is 135 Å². The molecule has 1 fully saturated rings. The number of pyridine rings is 1. The molecule has 0 bridgehead atoms. The van der Waals surface area contributed by atoms with Crippen LogP contribution in [0.25, 0.3) is 0 Å². The van der Waals surface area contributed by atoms with Gasteiger partial charge in [-0.2, -0.15) is 4.98 Å². The smallest absolute Gasteiger partial charge is 0.274 e. The summed E-state index contributed by atoms with van der Waals surface area (Å²) in [6.07, 6.45) is 5.59. The number of rotatable bonds is 4. The SMILES string of the molecule is CN(C)c1nc(N2CCCC2)ncc1NC(=O)c1ccccn1. The fraction of sp³-hybridized carbons (Fsp3) is 0.375. The third-order valence-corrected chi connectivity index (χ3v) is 3.71. The second-order valence-electron chi connectivity index (χ2n) is 5.66. The Morgan fingerprint density at radius 2 is 2.00 bits per heavy atom. The second kappa shape index (κ2) is 6.60. The Hall–Kier alpha value is -2.70. The van der Waals surface area contributed by atoms with E-state index < -0.39 is 0 Å². The van der Waals surface area contributed by atoms with Gasteiger partial charge in [-0.25, -0.2) is 4.98 Å². The first-order chi connectivity index (χ1) is 11.1. The zero-order chi connectivity index (χ0) is 16.2. The summed E-state index contributed by atoms with van der Waals surface area (Å²) in [5.74, 6) is 1.12. The fourth-order valence-corrected chi connectivity index (χ4v) is 2.55. The van der Waals surface area contributed by atoms with Gasteiger partial charge >= 0.3 is 0 Å². The van der Waals surface area contributed by atoms with Crippen molar-refractivity contribution in [3.05, 3.63) is 36.3 Å². The lowest BCUT2D eigenvalue weighted by molar-refractivity contribution is 0.102. The summed E-state index contributed by atoms with van der Waals surface area (Å²) < 4.78 is 0. The molecule has 0 radical (unpaired) electrons. The lowest BCUT2D eigenvalue weighted by Gasteiger charge is -2.20. The van der Waals surface area contributed by atoms with Crippen LogP contribution in [0.4, 0.5) is 17.5 Å². The van der Waals surface area contributed by atoms with E-state index in [1.165, 1.54) is 12.8 Å². The van der Waals surface area contributed by atoms with Gasteiger partial charge in [0.15, 0.2) is 5.82 Å². The van der Waals surface area contributed by atoms with Gasteiger partial charge in [0.05, 0.1) is 6.20 Å². The highest BCUT2D eigenvalue weighted by Gasteiger charge is 2.19. The predicted molar refractivity (Wildman–Crippen MR) is 90.0 cm³/mol. The number of nitrogens with one attached hydrogen (secondary N) is 1. The normalized spacial score (nSPS) is 13.9. The van der Waals surface area contributed by atoms with E-state index in [4.69, 9.17) is 0 Å². The van der Waals surface area contributed by atoms with Gasteiger partial charge < -0.3 is 15.1 Å². The van der Waals surface area contributed by atoms with Crippen LogP contribution < -0.4 is 15.1 Å². The van der Waals surface area contributed by atoms with Gasteiger partial charge in [0.2, 0.25) is 5.95 Å². The van der Waals surface area contributed by atoms with Gasteiger partial charge in [-0.15, -0.1) is 0 Å². The average Bonchev–Trinajstić information content (AvgIpc) is 3.10. The summed E-state index contributed by atoms with van der Waals surface area (Å²) in [5, 5.41) is 2.84. The highest BCUT2D eigenvalue weighted by atomic mass is 16.1. The van der Waals surface area contributed by atoms with Gasteiger partial charge in [0.25, 0.3) is 5.91 Å². The molecule has 1 amide bonds. The molecule has 23 heavy (non-hydrogen) atoms. The fourth-order valence-electron chi connectivity index (χ4n) is 2.55.